The number of methoxy groups -OCH3 is 1. The van der Waals surface area contributed by atoms with E-state index in [1.165, 1.54) is 0 Å². The molecule has 1 aliphatic heterocycles. The van der Waals surface area contributed by atoms with Gasteiger partial charge in [-0.2, -0.15) is 0 Å². The van der Waals surface area contributed by atoms with Gasteiger partial charge in [0.15, 0.2) is 0 Å². The summed E-state index contributed by atoms with van der Waals surface area (Å²) < 4.78 is 5.46. The van der Waals surface area contributed by atoms with Gasteiger partial charge in [0.05, 0.1) is 7.11 Å². The lowest BCUT2D eigenvalue weighted by atomic mass is 9.96. The number of aryl methyl sites for hydroxylation is 2. The van der Waals surface area contributed by atoms with Crippen molar-refractivity contribution >= 4 is 29.6 Å². The number of hydrogen-bond acceptors (Lipinski definition) is 4. The van der Waals surface area contributed by atoms with Crippen LogP contribution < -0.4 is 15.4 Å². The molecule has 1 aliphatic rings. The first-order valence-corrected chi connectivity index (χ1v) is 10.1. The molecule has 0 bridgehead atoms. The number of imide groups is 1. The second-order valence-corrected chi connectivity index (χ2v) is 7.90. The Balaban J connectivity index is 1.78. The van der Waals surface area contributed by atoms with Gasteiger partial charge in [-0.3, -0.25) is 9.59 Å². The normalized spacial score (nSPS) is 14.9. The SMILES string of the molecule is COc1cc(C)c(/C=C2/NC(=O)N(CC(=O)Nc3ccc(C)cc3)C2=O)cc1C(C)C. The van der Waals surface area contributed by atoms with Crippen molar-refractivity contribution in [1.29, 1.82) is 0 Å². The number of ether oxygens (including phenoxy) is 1. The molecule has 0 aliphatic carbocycles. The molecule has 0 radical (unpaired) electrons. The summed E-state index contributed by atoms with van der Waals surface area (Å²) in [6.45, 7) is 7.60. The second-order valence-electron chi connectivity index (χ2n) is 7.90. The summed E-state index contributed by atoms with van der Waals surface area (Å²) in [5.74, 6) is 0.0241. The molecule has 1 fully saturated rings. The van der Waals surface area contributed by atoms with Gasteiger partial charge in [0, 0.05) is 5.69 Å². The largest absolute Gasteiger partial charge is 0.496 e. The Hall–Kier alpha value is -3.61. The van der Waals surface area contributed by atoms with Crippen LogP contribution in [0.15, 0.2) is 42.1 Å². The fraction of sp³-hybridized carbons (Fsp3) is 0.292. The van der Waals surface area contributed by atoms with Gasteiger partial charge in [-0.25, -0.2) is 9.69 Å². The quantitative estimate of drug-likeness (QED) is 0.546. The molecule has 0 aromatic heterocycles. The molecular formula is C24H27N3O4. The highest BCUT2D eigenvalue weighted by atomic mass is 16.5. The van der Waals surface area contributed by atoms with Crippen molar-refractivity contribution in [3.63, 3.8) is 0 Å². The molecule has 2 aromatic rings. The molecular weight excluding hydrogens is 394 g/mol. The Kier molecular flexibility index (Phi) is 6.44. The monoisotopic (exact) mass is 421 g/mol. The summed E-state index contributed by atoms with van der Waals surface area (Å²) in [4.78, 5) is 38.3. The Bertz CT molecular complexity index is 1060. The lowest BCUT2D eigenvalue weighted by Gasteiger charge is -2.15. The van der Waals surface area contributed by atoms with Crippen molar-refractivity contribution in [2.75, 3.05) is 19.0 Å². The van der Waals surface area contributed by atoms with Crippen LogP contribution in [0.2, 0.25) is 0 Å². The van der Waals surface area contributed by atoms with E-state index in [-0.39, 0.29) is 18.2 Å². The highest BCUT2D eigenvalue weighted by Gasteiger charge is 2.35. The molecule has 0 spiro atoms. The third-order valence-electron chi connectivity index (χ3n) is 5.14. The number of nitrogens with one attached hydrogen (secondary N) is 2. The molecule has 2 aromatic carbocycles. The van der Waals surface area contributed by atoms with Gasteiger partial charge in [0.25, 0.3) is 5.91 Å². The van der Waals surface area contributed by atoms with Crippen molar-refractivity contribution < 1.29 is 19.1 Å². The zero-order chi connectivity index (χ0) is 22.7. The van der Waals surface area contributed by atoms with Crippen LogP contribution in [-0.4, -0.2) is 36.4 Å². The molecule has 1 saturated heterocycles. The van der Waals surface area contributed by atoms with E-state index in [9.17, 15) is 14.4 Å². The van der Waals surface area contributed by atoms with E-state index in [0.29, 0.717) is 5.69 Å². The molecule has 0 saturated carbocycles. The van der Waals surface area contributed by atoms with E-state index >= 15 is 0 Å². The van der Waals surface area contributed by atoms with Crippen LogP contribution >= 0.6 is 0 Å². The zero-order valence-electron chi connectivity index (χ0n) is 18.4. The number of anilines is 1. The average molecular weight is 421 g/mol. The van der Waals surface area contributed by atoms with E-state index in [1.807, 2.05) is 38.1 Å². The molecule has 0 unspecified atom stereocenters. The Morgan fingerprint density at radius 2 is 1.84 bits per heavy atom. The number of carbonyl (C=O) groups excluding carboxylic acids is 3. The molecule has 3 rings (SSSR count). The average Bonchev–Trinajstić information content (AvgIpc) is 2.98. The van der Waals surface area contributed by atoms with Crippen LogP contribution in [0.1, 0.15) is 42.0 Å². The summed E-state index contributed by atoms with van der Waals surface area (Å²) >= 11 is 0. The third kappa shape index (κ3) is 4.94. The number of carbonyl (C=O) groups is 3. The summed E-state index contributed by atoms with van der Waals surface area (Å²) in [6, 6.07) is 10.5. The van der Waals surface area contributed by atoms with Crippen LogP contribution in [0.5, 0.6) is 5.75 Å². The summed E-state index contributed by atoms with van der Waals surface area (Å²) in [6.07, 6.45) is 1.64. The van der Waals surface area contributed by atoms with Crippen molar-refractivity contribution in [2.45, 2.75) is 33.6 Å². The topological polar surface area (TPSA) is 87.7 Å². The van der Waals surface area contributed by atoms with Gasteiger partial charge in [0.1, 0.15) is 18.0 Å². The van der Waals surface area contributed by atoms with Crippen LogP contribution in [-0.2, 0) is 9.59 Å². The lowest BCUT2D eigenvalue weighted by molar-refractivity contribution is -0.127. The van der Waals surface area contributed by atoms with Crippen LogP contribution in [0, 0.1) is 13.8 Å². The third-order valence-corrected chi connectivity index (χ3v) is 5.14. The van der Waals surface area contributed by atoms with E-state index in [0.717, 1.165) is 32.9 Å². The molecule has 4 amide bonds. The molecule has 31 heavy (non-hydrogen) atoms. The van der Waals surface area contributed by atoms with Crippen LogP contribution in [0.25, 0.3) is 6.08 Å². The summed E-state index contributed by atoms with van der Waals surface area (Å²) in [5, 5.41) is 5.27. The minimum Gasteiger partial charge on any atom is -0.496 e. The minimum atomic E-state index is -0.620. The standard InChI is InChI=1S/C24H27N3O4/c1-14(2)19-11-17(16(4)10-21(19)31-5)12-20-23(29)27(24(30)26-20)13-22(28)25-18-8-6-15(3)7-9-18/h6-12,14H,13H2,1-5H3,(H,25,28)(H,26,30)/b20-12+. The van der Waals surface area contributed by atoms with Crippen LogP contribution in [0.3, 0.4) is 0 Å². The van der Waals surface area contributed by atoms with Gasteiger partial charge in [-0.1, -0.05) is 31.5 Å². The number of nitrogens with zero attached hydrogens (tertiary/aromatic N) is 1. The Morgan fingerprint density at radius 3 is 2.45 bits per heavy atom. The lowest BCUT2D eigenvalue weighted by Crippen LogP contribution is -2.38. The van der Waals surface area contributed by atoms with Crippen molar-refractivity contribution in [3.8, 4) is 5.75 Å². The number of rotatable bonds is 6. The molecule has 162 valence electrons. The molecule has 0 atom stereocenters. The van der Waals surface area contributed by atoms with Gasteiger partial charge < -0.3 is 15.4 Å². The maximum atomic E-state index is 12.8. The molecule has 7 heteroatoms. The maximum Gasteiger partial charge on any atom is 0.329 e. The van der Waals surface area contributed by atoms with Gasteiger partial charge in [0.2, 0.25) is 5.91 Å². The first kappa shape index (κ1) is 22.1. The molecule has 2 N–H and O–H groups in total. The first-order chi connectivity index (χ1) is 14.7. The minimum absolute atomic E-state index is 0.135. The van der Waals surface area contributed by atoms with E-state index in [1.54, 1.807) is 25.3 Å². The highest BCUT2D eigenvalue weighted by molar-refractivity contribution is 6.16. The van der Waals surface area contributed by atoms with Crippen LogP contribution in [0.4, 0.5) is 10.5 Å². The number of benzene rings is 2. The van der Waals surface area contributed by atoms with Crippen molar-refractivity contribution in [3.05, 3.63) is 64.3 Å². The van der Waals surface area contributed by atoms with Gasteiger partial charge in [-0.15, -0.1) is 0 Å². The van der Waals surface area contributed by atoms with E-state index in [4.69, 9.17) is 4.74 Å². The number of amides is 4. The fourth-order valence-electron chi connectivity index (χ4n) is 3.35. The van der Waals surface area contributed by atoms with E-state index < -0.39 is 17.8 Å². The summed E-state index contributed by atoms with van der Waals surface area (Å²) in [5.41, 5.74) is 4.53. The summed E-state index contributed by atoms with van der Waals surface area (Å²) in [7, 11) is 1.62. The van der Waals surface area contributed by atoms with Gasteiger partial charge in [-0.05, 0) is 66.8 Å². The fourth-order valence-corrected chi connectivity index (χ4v) is 3.35. The first-order valence-electron chi connectivity index (χ1n) is 10.1. The smallest absolute Gasteiger partial charge is 0.329 e. The van der Waals surface area contributed by atoms with Crippen molar-refractivity contribution in [2.24, 2.45) is 0 Å². The molecule has 1 heterocycles. The number of hydrogen-bond donors (Lipinski definition) is 2. The highest BCUT2D eigenvalue weighted by Crippen LogP contribution is 2.31. The Labute approximate surface area is 182 Å². The predicted molar refractivity (Wildman–Crippen MR) is 120 cm³/mol. The maximum absolute atomic E-state index is 12.8. The Morgan fingerprint density at radius 1 is 1.16 bits per heavy atom. The second kappa shape index (κ2) is 9.04. The van der Waals surface area contributed by atoms with Crippen molar-refractivity contribution in [1.82, 2.24) is 10.2 Å². The van der Waals surface area contributed by atoms with Gasteiger partial charge >= 0.3 is 6.03 Å². The molecule has 7 nitrogen and oxygen atoms in total. The number of urea groups is 1. The predicted octanol–water partition coefficient (Wildman–Crippen LogP) is 3.97. The van der Waals surface area contributed by atoms with E-state index in [2.05, 4.69) is 24.5 Å². The zero-order valence-corrected chi connectivity index (χ0v) is 18.4.